The van der Waals surface area contributed by atoms with Gasteiger partial charge in [0.05, 0.1) is 0 Å². The molecule has 12 heteroatoms. The monoisotopic (exact) mass is 429 g/mol. The maximum atomic E-state index is 12.3. The molecule has 0 saturated heterocycles. The van der Waals surface area contributed by atoms with Crippen molar-refractivity contribution in [1.29, 1.82) is 0 Å². The van der Waals surface area contributed by atoms with Crippen LogP contribution in [0.25, 0.3) is 10.2 Å². The molecule has 0 fully saturated rings. The van der Waals surface area contributed by atoms with E-state index in [0.29, 0.717) is 0 Å². The summed E-state index contributed by atoms with van der Waals surface area (Å²) in [6, 6.07) is 7.77. The van der Waals surface area contributed by atoms with Crippen LogP contribution in [0.5, 0.6) is 0 Å². The number of thiazole rings is 1. The van der Waals surface area contributed by atoms with Crippen LogP contribution in [-0.2, 0) is 17.2 Å². The smallest absolute Gasteiger partial charge is 0.485 e. The predicted octanol–water partition coefficient (Wildman–Crippen LogP) is 1.33. The average Bonchev–Trinajstić information content (AvgIpc) is 2.64. The number of para-hydroxylation sites is 1. The van der Waals surface area contributed by atoms with E-state index in [-0.39, 0.29) is 0 Å². The maximum absolute atomic E-state index is 12.3. The van der Waals surface area contributed by atoms with E-state index < -0.39 is 35.9 Å². The van der Waals surface area contributed by atoms with Crippen LogP contribution >= 0.6 is 11.3 Å². The molecule has 4 nitrogen and oxygen atoms in total. The number of hydrogen-bond acceptors (Lipinski definition) is 4. The van der Waals surface area contributed by atoms with Crippen LogP contribution < -0.4 is 8.47 Å². The normalized spacial score (nSPS) is 12.4. The van der Waals surface area contributed by atoms with Crippen LogP contribution in [0.3, 0.4) is 0 Å². The molecule has 1 aromatic heterocycles. The minimum atomic E-state index is -6.09. The third-order valence-corrected chi connectivity index (χ3v) is 6.15. The quantitative estimate of drug-likeness (QED) is 0.239. The molecule has 0 spiro atoms. The van der Waals surface area contributed by atoms with Crippen LogP contribution in [0.4, 0.5) is 22.0 Å². The van der Waals surface area contributed by atoms with Crippen LogP contribution in [0.15, 0.2) is 24.3 Å². The third-order valence-electron chi connectivity index (χ3n) is 2.17. The Morgan fingerprint density at radius 1 is 1.27 bits per heavy atom. The first-order chi connectivity index (χ1) is 9.93. The van der Waals surface area contributed by atoms with E-state index in [9.17, 15) is 22.0 Å². The molecule has 2 aromatic rings. The van der Waals surface area contributed by atoms with Gasteiger partial charge < -0.3 is 4.55 Å². The molecule has 0 bridgehead atoms. The molecule has 1 heterocycles. The average molecular weight is 428 g/mol. The number of aryl methyl sites for hydroxylation is 1. The Morgan fingerprint density at radius 3 is 2.18 bits per heavy atom. The molecule has 22 heavy (non-hydrogen) atoms. The van der Waals surface area contributed by atoms with E-state index >= 15 is 0 Å². The van der Waals surface area contributed by atoms with E-state index in [1.165, 1.54) is 11.3 Å². The van der Waals surface area contributed by atoms with E-state index in [4.69, 9.17) is 13.0 Å². The van der Waals surface area contributed by atoms with Gasteiger partial charge in [0.25, 0.3) is 0 Å². The van der Waals surface area contributed by atoms with Crippen molar-refractivity contribution in [3.05, 3.63) is 24.3 Å². The number of benzene rings is 1. The number of alkyl halides is 5. The Labute approximate surface area is 132 Å². The topological polar surface area (TPSA) is 61.1 Å². The molecule has 0 atom stereocenters. The molecule has 0 aliphatic carbocycles. The van der Waals surface area contributed by atoms with Crippen molar-refractivity contribution in [3.63, 3.8) is 0 Å². The second-order valence-electron chi connectivity index (χ2n) is 3.67. The molecular weight excluding hydrogens is 420 g/mol. The molecule has 0 saturated carbocycles. The zero-order valence-corrected chi connectivity index (χ0v) is 14.0. The van der Waals surface area contributed by atoms with Gasteiger partial charge in [-0.05, 0) is 0 Å². The van der Waals surface area contributed by atoms with Crippen molar-refractivity contribution >= 4 is 50.5 Å². The summed E-state index contributed by atoms with van der Waals surface area (Å²) in [7, 11) is -4.24. The van der Waals surface area contributed by atoms with Crippen molar-refractivity contribution in [1.82, 2.24) is 0 Å². The Kier molecular flexibility index (Phi) is 6.27. The number of halogens is 5. The summed E-state index contributed by atoms with van der Waals surface area (Å²) in [5.41, 5.74) is -4.61. The summed E-state index contributed by atoms with van der Waals surface area (Å²) in [6.07, 6.45) is 0. The summed E-state index contributed by atoms with van der Waals surface area (Å²) in [5, 5.41) is -2.21. The fraction of sp³-hybridized carbons (Fsp3) is 0.300. The first kappa shape index (κ1) is 19.2. The molecule has 0 amide bonds. The van der Waals surface area contributed by atoms with Gasteiger partial charge in [0.1, 0.15) is 0 Å². The number of nitrogens with zero attached hydrogens (tertiary/aromatic N) is 1. The molecule has 2 rings (SSSR count). The van der Waals surface area contributed by atoms with Crippen LogP contribution in [0.2, 0.25) is 0 Å². The minimum Gasteiger partial charge on any atom is -0.741 e. The van der Waals surface area contributed by atoms with Gasteiger partial charge in [0, 0.05) is 0 Å². The van der Waals surface area contributed by atoms with Crippen molar-refractivity contribution in [2.75, 3.05) is 0 Å². The second-order valence-corrected chi connectivity index (χ2v) is 8.71. The van der Waals surface area contributed by atoms with Gasteiger partial charge in [-0.25, -0.2) is 8.42 Å². The van der Waals surface area contributed by atoms with E-state index in [1.807, 2.05) is 35.9 Å². The van der Waals surface area contributed by atoms with Crippen molar-refractivity contribution < 1.29 is 39.5 Å². The van der Waals surface area contributed by atoms with Gasteiger partial charge >= 0.3 is 95.9 Å². The Balaban J connectivity index is 0.000000261. The Hall–Kier alpha value is -0.811. The number of rotatable bonds is 2. The SMILES string of the molecule is C[n+]1c([Se]C(F)F)sc2ccccc21.O=S(=O)([O-])C(F)(F)F. The van der Waals surface area contributed by atoms with Crippen LogP contribution in [0, 0.1) is 0 Å². The fourth-order valence-electron chi connectivity index (χ4n) is 1.26. The van der Waals surface area contributed by atoms with Gasteiger partial charge in [-0.3, -0.25) is 0 Å². The molecule has 0 N–H and O–H groups in total. The fourth-order valence-corrected chi connectivity index (χ4v) is 4.29. The van der Waals surface area contributed by atoms with E-state index in [0.717, 1.165) is 14.1 Å². The first-order valence-corrected chi connectivity index (χ1v) is 9.35. The third kappa shape index (κ3) is 5.13. The molecule has 0 aliphatic rings. The predicted molar refractivity (Wildman–Crippen MR) is 70.1 cm³/mol. The largest absolute Gasteiger partial charge is 0.741 e. The van der Waals surface area contributed by atoms with E-state index in [2.05, 4.69) is 0 Å². The summed E-state index contributed by atoms with van der Waals surface area (Å²) in [5.74, 6) is 0. The van der Waals surface area contributed by atoms with Gasteiger partial charge in [-0.2, -0.15) is 13.2 Å². The van der Waals surface area contributed by atoms with Crippen molar-refractivity contribution in [2.24, 2.45) is 7.05 Å². The Bertz CT molecular complexity index is 745. The first-order valence-electron chi connectivity index (χ1n) is 5.28. The maximum Gasteiger partial charge on any atom is 0.485 e. The molecular formula is C10H8F5NO3S2Se. The summed E-state index contributed by atoms with van der Waals surface area (Å²) in [4.78, 5) is 0. The minimum absolute atomic E-state index is 0.724. The van der Waals surface area contributed by atoms with Crippen molar-refractivity contribution in [3.8, 4) is 0 Å². The summed E-state index contributed by atoms with van der Waals surface area (Å²) in [6.45, 7) is 0. The molecule has 0 aliphatic heterocycles. The molecule has 0 radical (unpaired) electrons. The summed E-state index contributed by atoms with van der Waals surface area (Å²) >= 11 is 0.739. The zero-order valence-electron chi connectivity index (χ0n) is 10.7. The van der Waals surface area contributed by atoms with Crippen LogP contribution in [-0.4, -0.2) is 38.8 Å². The van der Waals surface area contributed by atoms with Gasteiger partial charge in [0.15, 0.2) is 10.1 Å². The zero-order chi connectivity index (χ0) is 17.1. The number of hydrogen-bond donors (Lipinski definition) is 0. The van der Waals surface area contributed by atoms with Gasteiger partial charge in [0.2, 0.25) is 0 Å². The van der Waals surface area contributed by atoms with E-state index in [1.54, 1.807) is 0 Å². The molecule has 124 valence electrons. The summed E-state index contributed by atoms with van der Waals surface area (Å²) < 4.78 is 87.1. The Morgan fingerprint density at radius 2 is 1.77 bits per heavy atom. The van der Waals surface area contributed by atoms with Gasteiger partial charge in [-0.1, -0.05) is 0 Å². The van der Waals surface area contributed by atoms with Crippen molar-refractivity contribution in [2.45, 2.75) is 10.8 Å². The second kappa shape index (κ2) is 7.18. The molecule has 1 aromatic carbocycles. The number of fused-ring (bicyclic) bond motifs is 1. The standard InChI is InChI=1S/C9H8F2NSSe.CHF3O3S/c1-12-6-4-2-3-5-7(6)13-9(12)14-8(10)11;2-1(3,4)8(5,6)7/h2-5,8H,1H3;(H,5,6,7)/q+1;/p-1. The molecule has 0 unspecified atom stereocenters. The van der Waals surface area contributed by atoms with Gasteiger partial charge in [-0.15, -0.1) is 0 Å². The van der Waals surface area contributed by atoms with Crippen LogP contribution in [0.1, 0.15) is 0 Å². The number of aromatic nitrogens is 1.